The zero-order valence-electron chi connectivity index (χ0n) is 9.74. The molecular formula is C12H13ClN2O2. The Morgan fingerprint density at radius 3 is 2.88 bits per heavy atom. The van der Waals surface area contributed by atoms with Crippen molar-refractivity contribution in [1.29, 1.82) is 5.26 Å². The van der Waals surface area contributed by atoms with Gasteiger partial charge >= 0.3 is 0 Å². The van der Waals surface area contributed by atoms with Gasteiger partial charge < -0.3 is 9.64 Å². The molecule has 0 heterocycles. The van der Waals surface area contributed by atoms with Gasteiger partial charge in [0.15, 0.2) is 6.61 Å². The van der Waals surface area contributed by atoms with Crippen LogP contribution in [0.15, 0.2) is 18.2 Å². The lowest BCUT2D eigenvalue weighted by atomic mass is 10.2. The summed E-state index contributed by atoms with van der Waals surface area (Å²) in [7, 11) is 1.69. The van der Waals surface area contributed by atoms with E-state index in [0.717, 1.165) is 0 Å². The number of nitrogens with zero attached hydrogens (tertiary/aromatic N) is 2. The predicted molar refractivity (Wildman–Crippen MR) is 65.0 cm³/mol. The first kappa shape index (κ1) is 13.3. The van der Waals surface area contributed by atoms with E-state index in [1.54, 1.807) is 19.2 Å². The molecule has 0 saturated heterocycles. The zero-order chi connectivity index (χ0) is 12.8. The molecule has 0 fully saturated rings. The van der Waals surface area contributed by atoms with Gasteiger partial charge in [0.05, 0.1) is 5.56 Å². The number of amides is 1. The van der Waals surface area contributed by atoms with Crippen molar-refractivity contribution in [3.63, 3.8) is 0 Å². The van der Waals surface area contributed by atoms with Crippen LogP contribution in [0.4, 0.5) is 0 Å². The summed E-state index contributed by atoms with van der Waals surface area (Å²) in [5.41, 5.74) is 0.362. The van der Waals surface area contributed by atoms with Crippen molar-refractivity contribution in [2.24, 2.45) is 0 Å². The van der Waals surface area contributed by atoms with Crippen LogP contribution < -0.4 is 4.74 Å². The summed E-state index contributed by atoms with van der Waals surface area (Å²) < 4.78 is 5.30. The van der Waals surface area contributed by atoms with Crippen LogP contribution in [0, 0.1) is 11.3 Å². The lowest BCUT2D eigenvalue weighted by Crippen LogP contribution is -2.31. The standard InChI is InChI=1S/C12H13ClN2O2/c1-3-15(2)12(16)8-17-11-6-10(13)5-4-9(11)7-14/h4-6H,3,8H2,1-2H3. The van der Waals surface area contributed by atoms with Crippen LogP contribution >= 0.6 is 11.6 Å². The molecule has 0 spiro atoms. The molecule has 1 aromatic carbocycles. The molecule has 5 heteroatoms. The first-order chi connectivity index (χ1) is 8.08. The highest BCUT2D eigenvalue weighted by atomic mass is 35.5. The molecule has 0 aliphatic heterocycles. The molecule has 4 nitrogen and oxygen atoms in total. The Labute approximate surface area is 105 Å². The average Bonchev–Trinajstić information content (AvgIpc) is 2.35. The van der Waals surface area contributed by atoms with Gasteiger partial charge in [0, 0.05) is 24.7 Å². The van der Waals surface area contributed by atoms with E-state index >= 15 is 0 Å². The summed E-state index contributed by atoms with van der Waals surface area (Å²) in [5.74, 6) is 0.189. The highest BCUT2D eigenvalue weighted by Gasteiger charge is 2.10. The third-order valence-electron chi connectivity index (χ3n) is 2.32. The van der Waals surface area contributed by atoms with Crippen molar-refractivity contribution in [3.05, 3.63) is 28.8 Å². The average molecular weight is 253 g/mol. The minimum absolute atomic E-state index is 0.0979. The summed E-state index contributed by atoms with van der Waals surface area (Å²) in [6, 6.07) is 6.67. The van der Waals surface area contributed by atoms with Gasteiger partial charge in [-0.05, 0) is 19.1 Å². The van der Waals surface area contributed by atoms with Crippen molar-refractivity contribution in [3.8, 4) is 11.8 Å². The molecular weight excluding hydrogens is 240 g/mol. The summed E-state index contributed by atoms with van der Waals surface area (Å²) in [6.07, 6.45) is 0. The van der Waals surface area contributed by atoms with Crippen LogP contribution in [0.5, 0.6) is 5.75 Å². The second-order valence-electron chi connectivity index (χ2n) is 3.45. The van der Waals surface area contributed by atoms with Crippen LogP contribution in [0.2, 0.25) is 5.02 Å². The maximum absolute atomic E-state index is 11.5. The smallest absolute Gasteiger partial charge is 0.260 e. The topological polar surface area (TPSA) is 53.3 Å². The van der Waals surface area contributed by atoms with E-state index in [1.165, 1.54) is 11.0 Å². The van der Waals surface area contributed by atoms with E-state index in [2.05, 4.69) is 0 Å². The van der Waals surface area contributed by atoms with Crippen molar-refractivity contribution >= 4 is 17.5 Å². The van der Waals surface area contributed by atoms with E-state index in [0.29, 0.717) is 22.9 Å². The maximum Gasteiger partial charge on any atom is 0.260 e. The lowest BCUT2D eigenvalue weighted by Gasteiger charge is -2.15. The Morgan fingerprint density at radius 1 is 1.59 bits per heavy atom. The predicted octanol–water partition coefficient (Wildman–Crippen LogP) is 2.07. The molecule has 0 saturated carbocycles. The van der Waals surface area contributed by atoms with Gasteiger partial charge in [-0.25, -0.2) is 0 Å². The molecule has 1 aromatic rings. The van der Waals surface area contributed by atoms with E-state index in [9.17, 15) is 4.79 Å². The number of likely N-dealkylation sites (N-methyl/N-ethyl adjacent to an activating group) is 1. The van der Waals surface area contributed by atoms with Gasteiger partial charge in [0.25, 0.3) is 5.91 Å². The fourth-order valence-electron chi connectivity index (χ4n) is 1.13. The number of rotatable bonds is 4. The molecule has 0 bridgehead atoms. The first-order valence-corrected chi connectivity index (χ1v) is 5.52. The Kier molecular flexibility index (Phi) is 4.80. The zero-order valence-corrected chi connectivity index (χ0v) is 10.5. The van der Waals surface area contributed by atoms with Crippen LogP contribution in [-0.2, 0) is 4.79 Å². The van der Waals surface area contributed by atoms with E-state index < -0.39 is 0 Å². The lowest BCUT2D eigenvalue weighted by molar-refractivity contribution is -0.131. The first-order valence-electron chi connectivity index (χ1n) is 5.15. The Hall–Kier alpha value is -1.73. The number of ether oxygens (including phenoxy) is 1. The Morgan fingerprint density at radius 2 is 2.29 bits per heavy atom. The minimum atomic E-state index is -0.142. The van der Waals surface area contributed by atoms with Gasteiger partial charge in [0.2, 0.25) is 0 Å². The maximum atomic E-state index is 11.5. The molecule has 0 atom stereocenters. The Balaban J connectivity index is 2.72. The minimum Gasteiger partial charge on any atom is -0.482 e. The van der Waals surface area contributed by atoms with E-state index in [-0.39, 0.29) is 12.5 Å². The summed E-state index contributed by atoms with van der Waals surface area (Å²) in [5, 5.41) is 9.33. The molecule has 17 heavy (non-hydrogen) atoms. The second-order valence-corrected chi connectivity index (χ2v) is 3.89. The molecule has 0 aliphatic rings. The van der Waals surface area contributed by atoms with Crippen molar-refractivity contribution in [2.45, 2.75) is 6.92 Å². The fourth-order valence-corrected chi connectivity index (χ4v) is 1.30. The number of nitriles is 1. The van der Waals surface area contributed by atoms with Gasteiger partial charge in [-0.2, -0.15) is 5.26 Å². The van der Waals surface area contributed by atoms with Gasteiger partial charge in [-0.1, -0.05) is 11.6 Å². The van der Waals surface area contributed by atoms with Gasteiger partial charge in [-0.3, -0.25) is 4.79 Å². The van der Waals surface area contributed by atoms with Crippen LogP contribution in [0.25, 0.3) is 0 Å². The fraction of sp³-hybridized carbons (Fsp3) is 0.333. The van der Waals surface area contributed by atoms with Crippen LogP contribution in [0.1, 0.15) is 12.5 Å². The van der Waals surface area contributed by atoms with Gasteiger partial charge in [-0.15, -0.1) is 0 Å². The molecule has 90 valence electrons. The summed E-state index contributed by atoms with van der Waals surface area (Å²) >= 11 is 5.79. The quantitative estimate of drug-likeness (QED) is 0.824. The Bertz CT molecular complexity index is 454. The van der Waals surface area contributed by atoms with E-state index in [1.807, 2.05) is 13.0 Å². The third-order valence-corrected chi connectivity index (χ3v) is 2.55. The number of carbonyl (C=O) groups excluding carboxylic acids is 1. The van der Waals surface area contributed by atoms with Crippen molar-refractivity contribution in [1.82, 2.24) is 4.90 Å². The number of hydrogen-bond donors (Lipinski definition) is 0. The molecule has 1 amide bonds. The number of benzene rings is 1. The second kappa shape index (κ2) is 6.12. The van der Waals surface area contributed by atoms with Gasteiger partial charge in [0.1, 0.15) is 11.8 Å². The number of carbonyl (C=O) groups is 1. The van der Waals surface area contributed by atoms with Crippen molar-refractivity contribution < 1.29 is 9.53 Å². The molecule has 0 radical (unpaired) electrons. The number of hydrogen-bond acceptors (Lipinski definition) is 3. The molecule has 0 aliphatic carbocycles. The van der Waals surface area contributed by atoms with Crippen LogP contribution in [0.3, 0.4) is 0 Å². The molecule has 1 rings (SSSR count). The summed E-state index contributed by atoms with van der Waals surface area (Å²) in [6.45, 7) is 2.39. The van der Waals surface area contributed by atoms with Crippen LogP contribution in [-0.4, -0.2) is 31.0 Å². The van der Waals surface area contributed by atoms with Crippen molar-refractivity contribution in [2.75, 3.05) is 20.2 Å². The highest BCUT2D eigenvalue weighted by molar-refractivity contribution is 6.30. The number of halogens is 1. The highest BCUT2D eigenvalue weighted by Crippen LogP contribution is 2.22. The largest absolute Gasteiger partial charge is 0.482 e. The molecule has 0 N–H and O–H groups in total. The normalized spacial score (nSPS) is 9.53. The van der Waals surface area contributed by atoms with E-state index in [4.69, 9.17) is 21.6 Å². The SMILES string of the molecule is CCN(C)C(=O)COc1cc(Cl)ccc1C#N. The molecule has 0 unspecified atom stereocenters. The third kappa shape index (κ3) is 3.65. The molecule has 0 aromatic heterocycles. The summed E-state index contributed by atoms with van der Waals surface area (Å²) in [4.78, 5) is 13.1. The monoisotopic (exact) mass is 252 g/mol.